The van der Waals surface area contributed by atoms with Gasteiger partial charge in [0.05, 0.1) is 6.04 Å². The smallest absolute Gasteiger partial charge is 0.0503 e. The summed E-state index contributed by atoms with van der Waals surface area (Å²) in [6.07, 6.45) is 2.04. The molecule has 1 aromatic rings. The standard InChI is InChI=1S/C13H16N2/c1-3-5-10-6-11-8-13(15-14)12(11)7-9(10)4-2/h6-7,13,15H,4,8,14H2,1-2H3. The lowest BCUT2D eigenvalue weighted by Crippen LogP contribution is -2.36. The summed E-state index contributed by atoms with van der Waals surface area (Å²) in [6, 6.07) is 4.79. The molecule has 0 aromatic heterocycles. The van der Waals surface area contributed by atoms with E-state index in [1.165, 1.54) is 22.3 Å². The average Bonchev–Trinajstić information content (AvgIpc) is 2.23. The lowest BCUT2D eigenvalue weighted by atomic mass is 9.80. The van der Waals surface area contributed by atoms with E-state index in [4.69, 9.17) is 5.84 Å². The highest BCUT2D eigenvalue weighted by molar-refractivity contribution is 5.52. The van der Waals surface area contributed by atoms with Crippen molar-refractivity contribution in [2.24, 2.45) is 5.84 Å². The molecule has 1 unspecified atom stereocenters. The number of rotatable bonds is 2. The molecule has 1 aliphatic rings. The minimum absolute atomic E-state index is 0.342. The highest BCUT2D eigenvalue weighted by atomic mass is 15.2. The van der Waals surface area contributed by atoms with Gasteiger partial charge >= 0.3 is 0 Å². The number of hydrogen-bond donors (Lipinski definition) is 2. The molecule has 0 aliphatic heterocycles. The fourth-order valence-corrected chi connectivity index (χ4v) is 2.10. The number of fused-ring (bicyclic) bond motifs is 1. The summed E-state index contributed by atoms with van der Waals surface area (Å²) >= 11 is 0. The molecule has 78 valence electrons. The lowest BCUT2D eigenvalue weighted by Gasteiger charge is -2.30. The Labute approximate surface area is 90.8 Å². The largest absolute Gasteiger partial charge is 0.271 e. The van der Waals surface area contributed by atoms with Crippen molar-refractivity contribution in [2.45, 2.75) is 32.7 Å². The molecular formula is C13H16N2. The Morgan fingerprint density at radius 3 is 2.93 bits per heavy atom. The topological polar surface area (TPSA) is 38.0 Å². The first-order valence-corrected chi connectivity index (χ1v) is 5.34. The molecule has 0 saturated carbocycles. The van der Waals surface area contributed by atoms with Crippen LogP contribution in [0.25, 0.3) is 0 Å². The SMILES string of the molecule is CC#Cc1cc2c(cc1CC)C(NN)C2. The first-order valence-electron chi connectivity index (χ1n) is 5.34. The van der Waals surface area contributed by atoms with Crippen LogP contribution in [0.1, 0.15) is 42.1 Å². The maximum atomic E-state index is 5.46. The van der Waals surface area contributed by atoms with E-state index in [1.807, 2.05) is 6.92 Å². The summed E-state index contributed by atoms with van der Waals surface area (Å²) in [4.78, 5) is 0. The van der Waals surface area contributed by atoms with Crippen molar-refractivity contribution < 1.29 is 0 Å². The molecule has 1 aliphatic carbocycles. The summed E-state index contributed by atoms with van der Waals surface area (Å²) in [5.41, 5.74) is 8.05. The van der Waals surface area contributed by atoms with Crippen LogP contribution in [0.15, 0.2) is 12.1 Å². The fraction of sp³-hybridized carbons (Fsp3) is 0.385. The minimum Gasteiger partial charge on any atom is -0.271 e. The van der Waals surface area contributed by atoms with Gasteiger partial charge in [0.25, 0.3) is 0 Å². The number of aryl methyl sites for hydroxylation is 1. The first-order chi connectivity index (χ1) is 7.30. The van der Waals surface area contributed by atoms with Crippen molar-refractivity contribution in [3.8, 4) is 11.8 Å². The van der Waals surface area contributed by atoms with E-state index in [-0.39, 0.29) is 0 Å². The second-order valence-electron chi connectivity index (χ2n) is 3.86. The molecule has 0 fully saturated rings. The summed E-state index contributed by atoms with van der Waals surface area (Å²) in [7, 11) is 0. The number of nitrogens with two attached hydrogens (primary N) is 1. The van der Waals surface area contributed by atoms with E-state index < -0.39 is 0 Å². The third-order valence-electron chi connectivity index (χ3n) is 3.01. The Balaban J connectivity index is 2.43. The summed E-state index contributed by atoms with van der Waals surface area (Å²) in [5, 5.41) is 0. The highest BCUT2D eigenvalue weighted by Crippen LogP contribution is 2.34. The van der Waals surface area contributed by atoms with Crippen LogP contribution in [0, 0.1) is 11.8 Å². The molecule has 0 amide bonds. The van der Waals surface area contributed by atoms with E-state index in [0.717, 1.165) is 12.8 Å². The third kappa shape index (κ3) is 1.65. The molecule has 2 heteroatoms. The predicted octanol–water partition coefficient (Wildman–Crippen LogP) is 1.68. The Morgan fingerprint density at radius 2 is 2.33 bits per heavy atom. The molecule has 0 spiro atoms. The molecule has 2 nitrogen and oxygen atoms in total. The molecule has 1 aromatic carbocycles. The van der Waals surface area contributed by atoms with Gasteiger partial charge in [-0.25, -0.2) is 0 Å². The van der Waals surface area contributed by atoms with E-state index in [2.05, 4.69) is 36.3 Å². The molecule has 15 heavy (non-hydrogen) atoms. The van der Waals surface area contributed by atoms with Gasteiger partial charge in [0, 0.05) is 5.56 Å². The fourth-order valence-electron chi connectivity index (χ4n) is 2.10. The molecule has 0 bridgehead atoms. The molecule has 0 saturated heterocycles. The molecule has 3 N–H and O–H groups in total. The average molecular weight is 200 g/mol. The van der Waals surface area contributed by atoms with Gasteiger partial charge < -0.3 is 0 Å². The van der Waals surface area contributed by atoms with Gasteiger partial charge in [-0.3, -0.25) is 11.3 Å². The molecule has 0 heterocycles. The zero-order valence-corrected chi connectivity index (χ0v) is 9.22. The Morgan fingerprint density at radius 1 is 1.53 bits per heavy atom. The monoisotopic (exact) mass is 200 g/mol. The molecule has 2 rings (SSSR count). The minimum atomic E-state index is 0.342. The molecule has 1 atom stereocenters. The van der Waals surface area contributed by atoms with Gasteiger partial charge in [-0.05, 0) is 42.5 Å². The van der Waals surface area contributed by atoms with Crippen LogP contribution in [0.4, 0.5) is 0 Å². The van der Waals surface area contributed by atoms with Crippen LogP contribution in [0.3, 0.4) is 0 Å². The van der Waals surface area contributed by atoms with Gasteiger partial charge in [0.15, 0.2) is 0 Å². The second-order valence-corrected chi connectivity index (χ2v) is 3.86. The normalized spacial score (nSPS) is 17.4. The van der Waals surface area contributed by atoms with Gasteiger partial charge in [-0.2, -0.15) is 0 Å². The zero-order chi connectivity index (χ0) is 10.8. The number of benzene rings is 1. The van der Waals surface area contributed by atoms with Crippen molar-refractivity contribution in [3.63, 3.8) is 0 Å². The van der Waals surface area contributed by atoms with Crippen molar-refractivity contribution in [1.29, 1.82) is 0 Å². The Kier molecular flexibility index (Phi) is 2.77. The van der Waals surface area contributed by atoms with E-state index in [1.54, 1.807) is 0 Å². The van der Waals surface area contributed by atoms with Crippen molar-refractivity contribution in [1.82, 2.24) is 5.43 Å². The van der Waals surface area contributed by atoms with Crippen LogP contribution in [0.2, 0.25) is 0 Å². The van der Waals surface area contributed by atoms with Crippen LogP contribution in [-0.4, -0.2) is 0 Å². The van der Waals surface area contributed by atoms with E-state index >= 15 is 0 Å². The van der Waals surface area contributed by atoms with Gasteiger partial charge in [-0.1, -0.05) is 18.9 Å². The van der Waals surface area contributed by atoms with E-state index in [0.29, 0.717) is 6.04 Å². The first kappa shape index (κ1) is 10.2. The quantitative estimate of drug-likeness (QED) is 0.433. The van der Waals surface area contributed by atoms with Gasteiger partial charge in [-0.15, -0.1) is 5.92 Å². The molecule has 0 radical (unpaired) electrons. The number of hydrazine groups is 1. The van der Waals surface area contributed by atoms with Crippen molar-refractivity contribution >= 4 is 0 Å². The summed E-state index contributed by atoms with van der Waals surface area (Å²) in [5.74, 6) is 11.6. The Hall–Kier alpha value is -1.30. The highest BCUT2D eigenvalue weighted by Gasteiger charge is 2.25. The maximum Gasteiger partial charge on any atom is 0.0503 e. The summed E-state index contributed by atoms with van der Waals surface area (Å²) in [6.45, 7) is 4.04. The van der Waals surface area contributed by atoms with Gasteiger partial charge in [0.1, 0.15) is 0 Å². The van der Waals surface area contributed by atoms with Crippen LogP contribution >= 0.6 is 0 Å². The van der Waals surface area contributed by atoms with Gasteiger partial charge in [0.2, 0.25) is 0 Å². The number of nitrogens with one attached hydrogen (secondary N) is 1. The van der Waals surface area contributed by atoms with Crippen LogP contribution < -0.4 is 11.3 Å². The van der Waals surface area contributed by atoms with Crippen LogP contribution in [-0.2, 0) is 12.8 Å². The maximum absolute atomic E-state index is 5.46. The summed E-state index contributed by atoms with van der Waals surface area (Å²) < 4.78 is 0. The number of hydrogen-bond acceptors (Lipinski definition) is 2. The predicted molar refractivity (Wildman–Crippen MR) is 62.1 cm³/mol. The Bertz CT molecular complexity index is 438. The lowest BCUT2D eigenvalue weighted by molar-refractivity contribution is 0.497. The van der Waals surface area contributed by atoms with E-state index in [9.17, 15) is 0 Å². The van der Waals surface area contributed by atoms with Crippen molar-refractivity contribution in [2.75, 3.05) is 0 Å². The molecular weight excluding hydrogens is 184 g/mol. The van der Waals surface area contributed by atoms with Crippen molar-refractivity contribution in [3.05, 3.63) is 34.4 Å². The zero-order valence-electron chi connectivity index (χ0n) is 9.22. The van der Waals surface area contributed by atoms with Crippen LogP contribution in [0.5, 0.6) is 0 Å². The second kappa shape index (κ2) is 4.06. The third-order valence-corrected chi connectivity index (χ3v) is 3.01.